The van der Waals surface area contributed by atoms with Gasteiger partial charge in [-0.05, 0) is 26.2 Å². The first kappa shape index (κ1) is 34.3. The molecule has 42 heavy (non-hydrogen) atoms. The molecule has 3 fully saturated rings. The molecule has 0 aromatic heterocycles. The van der Waals surface area contributed by atoms with Crippen molar-refractivity contribution in [1.82, 2.24) is 5.32 Å². The van der Waals surface area contributed by atoms with Gasteiger partial charge < -0.3 is 49.4 Å². The summed E-state index contributed by atoms with van der Waals surface area (Å²) < 4.78 is 29.5. The monoisotopic (exact) mass is 597 g/mol. The Morgan fingerprint density at radius 2 is 1.90 bits per heavy atom. The van der Waals surface area contributed by atoms with Crippen molar-refractivity contribution in [2.75, 3.05) is 13.9 Å². The average Bonchev–Trinajstić information content (AvgIpc) is 2.91. The number of rotatable bonds is 12. The van der Waals surface area contributed by atoms with Crippen LogP contribution in [0.25, 0.3) is 0 Å². The van der Waals surface area contributed by atoms with Gasteiger partial charge in [0.25, 0.3) is 5.91 Å². The van der Waals surface area contributed by atoms with E-state index in [1.807, 2.05) is 26.8 Å². The van der Waals surface area contributed by atoms with Gasteiger partial charge in [-0.2, -0.15) is 0 Å². The maximum atomic E-state index is 13.2. The van der Waals surface area contributed by atoms with E-state index in [-0.39, 0.29) is 25.6 Å². The van der Waals surface area contributed by atoms with Crippen molar-refractivity contribution in [1.29, 1.82) is 0 Å². The van der Waals surface area contributed by atoms with Crippen LogP contribution >= 0.6 is 0 Å². The summed E-state index contributed by atoms with van der Waals surface area (Å²) in [7, 11) is 1.56. The number of carboxylic acids is 1. The lowest BCUT2D eigenvalue weighted by atomic mass is 9.72. The molecule has 0 bridgehead atoms. The van der Waals surface area contributed by atoms with Crippen molar-refractivity contribution >= 4 is 11.9 Å². The quantitative estimate of drug-likeness (QED) is 0.0960. The zero-order chi connectivity index (χ0) is 31.2. The third-order valence-electron chi connectivity index (χ3n) is 8.63. The van der Waals surface area contributed by atoms with Crippen LogP contribution in [-0.2, 0) is 33.3 Å². The average molecular weight is 598 g/mol. The minimum atomic E-state index is -2.14. The molecular formula is C30H47NO11. The third-order valence-corrected chi connectivity index (χ3v) is 8.63. The van der Waals surface area contributed by atoms with E-state index < -0.39 is 72.0 Å². The number of amides is 1. The summed E-state index contributed by atoms with van der Waals surface area (Å²) in [5.41, 5.74) is 0.0842. The fourth-order valence-corrected chi connectivity index (χ4v) is 5.87. The van der Waals surface area contributed by atoms with Gasteiger partial charge in [-0.15, -0.1) is 0 Å². The predicted molar refractivity (Wildman–Crippen MR) is 151 cm³/mol. The molecule has 0 aromatic rings. The molecular weight excluding hydrogens is 550 g/mol. The fraction of sp³-hybridized carbons (Fsp3) is 0.733. The Kier molecular flexibility index (Phi) is 11.9. The minimum absolute atomic E-state index is 0.0465. The van der Waals surface area contributed by atoms with Crippen molar-refractivity contribution in [2.45, 2.75) is 115 Å². The summed E-state index contributed by atoms with van der Waals surface area (Å²) in [6.07, 6.45) is 1.50. The molecule has 3 aliphatic rings. The number of ether oxygens (including phenoxy) is 5. The Morgan fingerprint density at radius 1 is 1.19 bits per heavy atom. The highest BCUT2D eigenvalue weighted by Gasteiger charge is 2.57. The highest BCUT2D eigenvalue weighted by atomic mass is 16.7. The Balaban J connectivity index is 1.66. The van der Waals surface area contributed by atoms with Gasteiger partial charge in [0.2, 0.25) is 5.79 Å². The number of nitrogens with one attached hydrogen (secondary N) is 1. The van der Waals surface area contributed by atoms with Crippen molar-refractivity contribution in [3.8, 4) is 0 Å². The lowest BCUT2D eigenvalue weighted by Gasteiger charge is -2.54. The predicted octanol–water partition coefficient (Wildman–Crippen LogP) is 1.78. The van der Waals surface area contributed by atoms with E-state index in [1.54, 1.807) is 20.1 Å². The first-order valence-electron chi connectivity index (χ1n) is 14.4. The van der Waals surface area contributed by atoms with E-state index in [4.69, 9.17) is 28.8 Å². The Labute approximate surface area is 247 Å². The Morgan fingerprint density at radius 3 is 2.55 bits per heavy atom. The van der Waals surface area contributed by atoms with E-state index in [2.05, 4.69) is 11.9 Å². The SMILES string of the molecule is C=C1C[C@](O)([C@H](O)C(=O)N[C@H]2OCO[C@H]3[C@@H]2O[C@H](C[C@H](O)CCC/C=C/C=C/C(=O)O)C(C)(C)[C@@H]3OC)O[C@H](C)[C@@H]1C. The molecule has 3 rings (SSSR count). The zero-order valence-corrected chi connectivity index (χ0v) is 25.1. The number of fused-ring (bicyclic) bond motifs is 1. The number of carbonyl (C=O) groups excluding carboxylic acids is 1. The van der Waals surface area contributed by atoms with Gasteiger partial charge in [-0.25, -0.2) is 4.79 Å². The van der Waals surface area contributed by atoms with Crippen LogP contribution < -0.4 is 5.32 Å². The molecule has 5 N–H and O–H groups in total. The van der Waals surface area contributed by atoms with Gasteiger partial charge in [-0.1, -0.05) is 51.2 Å². The molecule has 0 spiro atoms. The van der Waals surface area contributed by atoms with Gasteiger partial charge in [0.05, 0.1) is 24.4 Å². The second-order valence-corrected chi connectivity index (χ2v) is 12.1. The van der Waals surface area contributed by atoms with E-state index in [9.17, 15) is 24.9 Å². The molecule has 3 saturated heterocycles. The number of methoxy groups -OCH3 is 1. The van der Waals surface area contributed by atoms with Crippen LogP contribution in [0.1, 0.15) is 59.8 Å². The first-order valence-corrected chi connectivity index (χ1v) is 14.4. The number of carbonyl (C=O) groups is 2. The molecule has 10 atom stereocenters. The smallest absolute Gasteiger partial charge is 0.328 e. The molecule has 12 nitrogen and oxygen atoms in total. The number of hydrogen-bond acceptors (Lipinski definition) is 10. The van der Waals surface area contributed by atoms with Gasteiger partial charge in [-0.3, -0.25) is 4.79 Å². The maximum absolute atomic E-state index is 13.2. The summed E-state index contributed by atoms with van der Waals surface area (Å²) in [5, 5.41) is 43.9. The number of allylic oxidation sites excluding steroid dienone is 3. The van der Waals surface area contributed by atoms with E-state index in [0.717, 1.165) is 6.08 Å². The van der Waals surface area contributed by atoms with Crippen LogP contribution in [0.5, 0.6) is 0 Å². The topological polar surface area (TPSA) is 173 Å². The molecule has 3 aliphatic heterocycles. The van der Waals surface area contributed by atoms with Crippen LogP contribution in [-0.4, -0.2) is 101 Å². The highest BCUT2D eigenvalue weighted by Crippen LogP contribution is 2.44. The van der Waals surface area contributed by atoms with E-state index >= 15 is 0 Å². The van der Waals surface area contributed by atoms with Crippen molar-refractivity contribution in [3.63, 3.8) is 0 Å². The maximum Gasteiger partial charge on any atom is 0.328 e. The van der Waals surface area contributed by atoms with Gasteiger partial charge in [0, 0.05) is 37.4 Å². The van der Waals surface area contributed by atoms with Crippen LogP contribution in [0.2, 0.25) is 0 Å². The molecule has 12 heteroatoms. The van der Waals surface area contributed by atoms with Crippen molar-refractivity contribution in [2.24, 2.45) is 11.3 Å². The number of hydrogen-bond donors (Lipinski definition) is 5. The first-order chi connectivity index (χ1) is 19.7. The highest BCUT2D eigenvalue weighted by molar-refractivity contribution is 5.82. The van der Waals surface area contributed by atoms with Gasteiger partial charge in [0.15, 0.2) is 12.3 Å². The van der Waals surface area contributed by atoms with Crippen molar-refractivity contribution in [3.05, 3.63) is 36.5 Å². The fourth-order valence-electron chi connectivity index (χ4n) is 5.87. The normalized spacial score (nSPS) is 36.5. The second-order valence-electron chi connectivity index (χ2n) is 12.1. The number of unbranched alkanes of at least 4 members (excludes halogenated alkanes) is 1. The van der Waals surface area contributed by atoms with E-state index in [0.29, 0.717) is 24.8 Å². The number of aliphatic carboxylic acids is 1. The summed E-state index contributed by atoms with van der Waals surface area (Å²) in [4.78, 5) is 23.7. The zero-order valence-electron chi connectivity index (χ0n) is 25.1. The van der Waals surface area contributed by atoms with Crippen LogP contribution in [0.3, 0.4) is 0 Å². The summed E-state index contributed by atoms with van der Waals surface area (Å²) in [6, 6.07) is 0. The Hall–Kier alpha value is -2.16. The second kappa shape index (κ2) is 14.5. The molecule has 0 saturated carbocycles. The number of aliphatic hydroxyl groups excluding tert-OH is 2. The summed E-state index contributed by atoms with van der Waals surface area (Å²) >= 11 is 0. The largest absolute Gasteiger partial charge is 0.478 e. The summed E-state index contributed by atoms with van der Waals surface area (Å²) in [6.45, 7) is 11.4. The van der Waals surface area contributed by atoms with Gasteiger partial charge in [0.1, 0.15) is 19.0 Å². The van der Waals surface area contributed by atoms with Crippen LogP contribution in [0, 0.1) is 11.3 Å². The van der Waals surface area contributed by atoms with Crippen LogP contribution in [0.4, 0.5) is 0 Å². The molecule has 1 amide bonds. The summed E-state index contributed by atoms with van der Waals surface area (Å²) in [5.74, 6) is -4.10. The molecule has 3 heterocycles. The Bertz CT molecular complexity index is 1010. The molecule has 238 valence electrons. The number of carboxylic acid groups (broad SMARTS) is 1. The lowest BCUT2D eigenvalue weighted by Crippen LogP contribution is -2.69. The van der Waals surface area contributed by atoms with Crippen molar-refractivity contribution < 1.29 is 53.7 Å². The van der Waals surface area contributed by atoms with Gasteiger partial charge >= 0.3 is 5.97 Å². The molecule has 0 aromatic carbocycles. The number of aliphatic hydroxyl groups is 3. The molecule has 0 unspecified atom stereocenters. The molecule has 0 radical (unpaired) electrons. The van der Waals surface area contributed by atoms with E-state index in [1.165, 1.54) is 6.08 Å². The lowest BCUT2D eigenvalue weighted by molar-refractivity contribution is -0.332. The third kappa shape index (κ3) is 8.06. The molecule has 0 aliphatic carbocycles. The minimum Gasteiger partial charge on any atom is -0.478 e. The van der Waals surface area contributed by atoms with Crippen LogP contribution in [0.15, 0.2) is 36.5 Å². The standard InChI is InChI=1S/C30H47NO11/c1-17-15-30(37,42-19(3)18(17)2)25(35)27(36)31-28-24-23(39-16-40-28)26(38-6)29(4,5)21(41-24)14-20(32)12-10-8-7-9-11-13-22(33)34/h7,9,11,13,18-21,23-26,28,32,35,37H,1,8,10,12,14-16H2,2-6H3,(H,31,36)(H,33,34)/b9-7+,13-11+/t18-,19-,20-,21-,23+,24+,25-,26-,28+,30-/m1/s1.